The second-order valence-corrected chi connectivity index (χ2v) is 5.21. The van der Waals surface area contributed by atoms with Crippen LogP contribution in [0.4, 0.5) is 0 Å². The molecule has 0 saturated carbocycles. The number of aliphatic hydroxyl groups excluding tert-OH is 1. The number of methoxy groups -OCH3 is 1. The van der Waals surface area contributed by atoms with E-state index >= 15 is 0 Å². The molecule has 19 heavy (non-hydrogen) atoms. The van der Waals surface area contributed by atoms with Crippen LogP contribution in [-0.2, 0) is 0 Å². The van der Waals surface area contributed by atoms with Gasteiger partial charge in [-0.05, 0) is 43.5 Å². The van der Waals surface area contributed by atoms with E-state index in [0.717, 1.165) is 37.1 Å². The SMILES string of the molecule is C=CC[C@]1([C@@H](O)c2cccc(OC)c2)CCCCN1. The van der Waals surface area contributed by atoms with E-state index < -0.39 is 6.10 Å². The average Bonchev–Trinajstić information content (AvgIpc) is 2.48. The Morgan fingerprint density at radius 1 is 1.53 bits per heavy atom. The van der Waals surface area contributed by atoms with Crippen molar-refractivity contribution < 1.29 is 9.84 Å². The lowest BCUT2D eigenvalue weighted by atomic mass is 9.78. The van der Waals surface area contributed by atoms with E-state index in [2.05, 4.69) is 11.9 Å². The first-order chi connectivity index (χ1) is 9.22. The number of nitrogens with one attached hydrogen (secondary N) is 1. The average molecular weight is 261 g/mol. The van der Waals surface area contributed by atoms with Gasteiger partial charge in [-0.3, -0.25) is 0 Å². The van der Waals surface area contributed by atoms with E-state index in [1.54, 1.807) is 7.11 Å². The smallest absolute Gasteiger partial charge is 0.119 e. The Morgan fingerprint density at radius 3 is 3.00 bits per heavy atom. The van der Waals surface area contributed by atoms with E-state index in [1.807, 2.05) is 30.3 Å². The van der Waals surface area contributed by atoms with Crippen molar-refractivity contribution in [1.29, 1.82) is 0 Å². The number of rotatable bonds is 5. The summed E-state index contributed by atoms with van der Waals surface area (Å²) >= 11 is 0. The molecular formula is C16H23NO2. The van der Waals surface area contributed by atoms with E-state index in [4.69, 9.17) is 4.74 Å². The maximum absolute atomic E-state index is 10.8. The van der Waals surface area contributed by atoms with Crippen LogP contribution < -0.4 is 10.1 Å². The van der Waals surface area contributed by atoms with Gasteiger partial charge in [0.25, 0.3) is 0 Å². The van der Waals surface area contributed by atoms with Crippen LogP contribution in [0, 0.1) is 0 Å². The van der Waals surface area contributed by atoms with Crippen LogP contribution in [0.2, 0.25) is 0 Å². The Hall–Kier alpha value is -1.32. The number of hydrogen-bond acceptors (Lipinski definition) is 3. The van der Waals surface area contributed by atoms with Crippen molar-refractivity contribution in [2.24, 2.45) is 0 Å². The zero-order valence-corrected chi connectivity index (χ0v) is 11.6. The van der Waals surface area contributed by atoms with E-state index in [1.165, 1.54) is 6.42 Å². The number of aliphatic hydroxyl groups is 1. The quantitative estimate of drug-likeness (QED) is 0.801. The third kappa shape index (κ3) is 2.99. The first kappa shape index (κ1) is 14.1. The molecule has 0 aromatic heterocycles. The lowest BCUT2D eigenvalue weighted by molar-refractivity contribution is 0.0409. The maximum atomic E-state index is 10.8. The van der Waals surface area contributed by atoms with Crippen molar-refractivity contribution in [1.82, 2.24) is 5.32 Å². The highest BCUT2D eigenvalue weighted by Gasteiger charge is 2.38. The summed E-state index contributed by atoms with van der Waals surface area (Å²) in [6.07, 6.45) is 5.40. The molecule has 0 amide bonds. The molecule has 1 aromatic rings. The summed E-state index contributed by atoms with van der Waals surface area (Å²) in [4.78, 5) is 0. The van der Waals surface area contributed by atoms with Gasteiger partial charge < -0.3 is 15.2 Å². The predicted octanol–water partition coefficient (Wildman–Crippen LogP) is 2.82. The van der Waals surface area contributed by atoms with Gasteiger partial charge in [0.15, 0.2) is 0 Å². The molecule has 1 heterocycles. The Morgan fingerprint density at radius 2 is 2.37 bits per heavy atom. The largest absolute Gasteiger partial charge is 0.497 e. The van der Waals surface area contributed by atoms with Crippen LogP contribution in [0.3, 0.4) is 0 Å². The molecule has 3 nitrogen and oxygen atoms in total. The van der Waals surface area contributed by atoms with Gasteiger partial charge >= 0.3 is 0 Å². The zero-order valence-electron chi connectivity index (χ0n) is 11.6. The Balaban J connectivity index is 2.27. The van der Waals surface area contributed by atoms with Crippen LogP contribution in [0.25, 0.3) is 0 Å². The molecule has 104 valence electrons. The summed E-state index contributed by atoms with van der Waals surface area (Å²) in [6.45, 7) is 4.79. The Labute approximate surface area is 115 Å². The molecule has 3 heteroatoms. The molecule has 0 aliphatic carbocycles. The monoisotopic (exact) mass is 261 g/mol. The molecular weight excluding hydrogens is 238 g/mol. The van der Waals surface area contributed by atoms with E-state index in [9.17, 15) is 5.11 Å². The van der Waals surface area contributed by atoms with Crippen LogP contribution in [0.5, 0.6) is 5.75 Å². The standard InChI is InChI=1S/C16H23NO2/c1-3-9-16(10-4-5-11-17-16)15(18)13-7-6-8-14(12-13)19-2/h3,6-8,12,15,17-18H,1,4-5,9-11H2,2H3/t15-,16+/m0/s1. The van der Waals surface area contributed by atoms with E-state index in [0.29, 0.717) is 0 Å². The number of benzene rings is 1. The van der Waals surface area contributed by atoms with Gasteiger partial charge in [-0.25, -0.2) is 0 Å². The highest BCUT2D eigenvalue weighted by atomic mass is 16.5. The normalized spacial score (nSPS) is 24.7. The van der Waals surface area contributed by atoms with Gasteiger partial charge in [-0.1, -0.05) is 24.6 Å². The summed E-state index contributed by atoms with van der Waals surface area (Å²) in [5.74, 6) is 0.779. The van der Waals surface area contributed by atoms with Crippen molar-refractivity contribution in [3.8, 4) is 5.75 Å². The molecule has 0 radical (unpaired) electrons. The minimum atomic E-state index is -0.541. The summed E-state index contributed by atoms with van der Waals surface area (Å²) in [6, 6.07) is 7.67. The fourth-order valence-electron chi connectivity index (χ4n) is 2.90. The van der Waals surface area contributed by atoms with Crippen LogP contribution in [0.15, 0.2) is 36.9 Å². The molecule has 2 rings (SSSR count). The molecule has 1 aliphatic heterocycles. The first-order valence-electron chi connectivity index (χ1n) is 6.90. The van der Waals surface area contributed by atoms with Crippen molar-refractivity contribution in [2.75, 3.05) is 13.7 Å². The summed E-state index contributed by atoms with van der Waals surface area (Å²) in [5, 5.41) is 14.3. The molecule has 1 aromatic carbocycles. The van der Waals surface area contributed by atoms with E-state index in [-0.39, 0.29) is 5.54 Å². The minimum Gasteiger partial charge on any atom is -0.497 e. The highest BCUT2D eigenvalue weighted by Crippen LogP contribution is 2.36. The van der Waals surface area contributed by atoms with Gasteiger partial charge in [0, 0.05) is 0 Å². The van der Waals surface area contributed by atoms with Crippen molar-refractivity contribution in [3.63, 3.8) is 0 Å². The Bertz CT molecular complexity index is 425. The molecule has 2 atom stereocenters. The second kappa shape index (κ2) is 6.22. The number of ether oxygens (including phenoxy) is 1. The van der Waals surface area contributed by atoms with Gasteiger partial charge in [-0.15, -0.1) is 6.58 Å². The van der Waals surface area contributed by atoms with Crippen LogP contribution in [-0.4, -0.2) is 24.3 Å². The van der Waals surface area contributed by atoms with Crippen molar-refractivity contribution in [2.45, 2.75) is 37.3 Å². The lowest BCUT2D eigenvalue weighted by Crippen LogP contribution is -2.52. The molecule has 1 saturated heterocycles. The molecule has 0 bridgehead atoms. The summed E-state index contributed by atoms with van der Waals surface area (Å²) in [7, 11) is 1.64. The minimum absolute atomic E-state index is 0.285. The molecule has 1 fully saturated rings. The Kier molecular flexibility index (Phi) is 4.61. The van der Waals surface area contributed by atoms with Crippen molar-refractivity contribution in [3.05, 3.63) is 42.5 Å². The fraction of sp³-hybridized carbons (Fsp3) is 0.500. The van der Waals surface area contributed by atoms with Crippen LogP contribution >= 0.6 is 0 Å². The predicted molar refractivity (Wildman–Crippen MR) is 77.4 cm³/mol. The molecule has 0 unspecified atom stereocenters. The summed E-state index contributed by atoms with van der Waals surface area (Å²) in [5.41, 5.74) is 0.613. The third-order valence-electron chi connectivity index (χ3n) is 3.97. The molecule has 0 spiro atoms. The van der Waals surface area contributed by atoms with Crippen molar-refractivity contribution >= 4 is 0 Å². The number of hydrogen-bond donors (Lipinski definition) is 2. The highest BCUT2D eigenvalue weighted by molar-refractivity contribution is 5.32. The third-order valence-corrected chi connectivity index (χ3v) is 3.97. The fourth-order valence-corrected chi connectivity index (χ4v) is 2.90. The van der Waals surface area contributed by atoms with Gasteiger partial charge in [-0.2, -0.15) is 0 Å². The second-order valence-electron chi connectivity index (χ2n) is 5.21. The zero-order chi connectivity index (χ0) is 13.7. The van der Waals surface area contributed by atoms with Crippen LogP contribution in [0.1, 0.15) is 37.4 Å². The van der Waals surface area contributed by atoms with Gasteiger partial charge in [0.1, 0.15) is 5.75 Å². The topological polar surface area (TPSA) is 41.5 Å². The molecule has 1 aliphatic rings. The van der Waals surface area contributed by atoms with Gasteiger partial charge in [0.2, 0.25) is 0 Å². The summed E-state index contributed by atoms with van der Waals surface area (Å²) < 4.78 is 5.23. The molecule has 2 N–H and O–H groups in total. The van der Waals surface area contributed by atoms with Gasteiger partial charge in [0.05, 0.1) is 18.8 Å². The lowest BCUT2D eigenvalue weighted by Gasteiger charge is -2.42. The number of piperidine rings is 1. The maximum Gasteiger partial charge on any atom is 0.119 e. The first-order valence-corrected chi connectivity index (χ1v) is 6.90.